The van der Waals surface area contributed by atoms with Gasteiger partial charge in [0.15, 0.2) is 5.96 Å². The quantitative estimate of drug-likeness (QED) is 0.289. The van der Waals surface area contributed by atoms with Gasteiger partial charge in [0.1, 0.15) is 0 Å². The van der Waals surface area contributed by atoms with Crippen LogP contribution in [-0.2, 0) is 4.74 Å². The molecule has 108 valence electrons. The van der Waals surface area contributed by atoms with Crippen molar-refractivity contribution in [1.29, 1.82) is 0 Å². The SMILES string of the molecule is C#CCCCCNC(N)=NCCCN1CCOCC1. The molecule has 5 heteroatoms. The molecule has 0 saturated carbocycles. The average Bonchev–Trinajstić information content (AvgIpc) is 2.44. The molecule has 0 radical (unpaired) electrons. The summed E-state index contributed by atoms with van der Waals surface area (Å²) in [6.45, 7) is 6.47. The molecule has 19 heavy (non-hydrogen) atoms. The zero-order chi connectivity index (χ0) is 13.8. The van der Waals surface area contributed by atoms with E-state index in [4.69, 9.17) is 16.9 Å². The van der Waals surface area contributed by atoms with E-state index in [0.717, 1.165) is 71.6 Å². The molecule has 0 aromatic rings. The number of terminal acetylenes is 1. The topological polar surface area (TPSA) is 62.9 Å². The van der Waals surface area contributed by atoms with Crippen LogP contribution in [-0.4, -0.2) is 56.8 Å². The lowest BCUT2D eigenvalue weighted by molar-refractivity contribution is 0.0377. The second-order valence-corrected chi connectivity index (χ2v) is 4.66. The van der Waals surface area contributed by atoms with Gasteiger partial charge in [-0.05, 0) is 19.3 Å². The smallest absolute Gasteiger partial charge is 0.188 e. The van der Waals surface area contributed by atoms with Crippen LogP contribution in [0.3, 0.4) is 0 Å². The number of aliphatic imine (C=N–C) groups is 1. The van der Waals surface area contributed by atoms with Gasteiger partial charge in [-0.25, -0.2) is 0 Å². The molecule has 1 aliphatic heterocycles. The molecular weight excluding hydrogens is 240 g/mol. The normalized spacial score (nSPS) is 17.1. The summed E-state index contributed by atoms with van der Waals surface area (Å²) in [5.74, 6) is 3.17. The fourth-order valence-electron chi connectivity index (χ4n) is 1.94. The van der Waals surface area contributed by atoms with Crippen LogP contribution < -0.4 is 11.1 Å². The number of unbranched alkanes of at least 4 members (excludes halogenated alkanes) is 2. The summed E-state index contributed by atoms with van der Waals surface area (Å²) in [4.78, 5) is 6.72. The fraction of sp³-hybridized carbons (Fsp3) is 0.786. The van der Waals surface area contributed by atoms with Gasteiger partial charge in [-0.3, -0.25) is 9.89 Å². The van der Waals surface area contributed by atoms with Gasteiger partial charge in [-0.2, -0.15) is 0 Å². The van der Waals surface area contributed by atoms with E-state index in [9.17, 15) is 0 Å². The number of hydrogen-bond donors (Lipinski definition) is 2. The second kappa shape index (κ2) is 10.7. The first-order chi connectivity index (χ1) is 9.33. The first-order valence-corrected chi connectivity index (χ1v) is 7.10. The minimum atomic E-state index is 0.544. The number of rotatable bonds is 8. The maximum Gasteiger partial charge on any atom is 0.188 e. The minimum absolute atomic E-state index is 0.544. The van der Waals surface area contributed by atoms with Gasteiger partial charge in [0, 0.05) is 39.1 Å². The molecule has 0 amide bonds. The zero-order valence-electron chi connectivity index (χ0n) is 11.7. The van der Waals surface area contributed by atoms with Crippen LogP contribution in [0.15, 0.2) is 4.99 Å². The van der Waals surface area contributed by atoms with Crippen molar-refractivity contribution in [3.8, 4) is 12.3 Å². The van der Waals surface area contributed by atoms with E-state index in [0.29, 0.717) is 5.96 Å². The standard InChI is InChI=1S/C14H26N4O/c1-2-3-4-5-7-16-14(15)17-8-6-9-18-10-12-19-13-11-18/h1H,3-13H2,(H3,15,16,17). The van der Waals surface area contributed by atoms with Crippen LogP contribution in [0.4, 0.5) is 0 Å². The summed E-state index contributed by atoms with van der Waals surface area (Å²) in [6, 6.07) is 0. The van der Waals surface area contributed by atoms with Crippen molar-refractivity contribution >= 4 is 5.96 Å². The molecule has 0 aliphatic carbocycles. The number of nitrogens with one attached hydrogen (secondary N) is 1. The van der Waals surface area contributed by atoms with Crippen molar-refractivity contribution in [1.82, 2.24) is 10.2 Å². The second-order valence-electron chi connectivity index (χ2n) is 4.66. The third-order valence-corrected chi connectivity index (χ3v) is 3.07. The van der Waals surface area contributed by atoms with E-state index < -0.39 is 0 Å². The van der Waals surface area contributed by atoms with Crippen LogP contribution in [0.25, 0.3) is 0 Å². The molecule has 0 aromatic heterocycles. The summed E-state index contributed by atoms with van der Waals surface area (Å²) in [5, 5.41) is 3.11. The molecule has 1 rings (SSSR count). The highest BCUT2D eigenvalue weighted by Crippen LogP contribution is 1.98. The molecule has 3 N–H and O–H groups in total. The lowest BCUT2D eigenvalue weighted by atomic mass is 10.2. The largest absolute Gasteiger partial charge is 0.379 e. The number of hydrogen-bond acceptors (Lipinski definition) is 3. The Labute approximate surface area is 116 Å². The van der Waals surface area contributed by atoms with Gasteiger partial charge in [0.25, 0.3) is 0 Å². The molecule has 0 bridgehead atoms. The molecule has 0 aromatic carbocycles. The van der Waals surface area contributed by atoms with Crippen molar-refractivity contribution in [2.45, 2.75) is 25.7 Å². The van der Waals surface area contributed by atoms with Crippen LogP contribution in [0.5, 0.6) is 0 Å². The molecule has 0 spiro atoms. The predicted molar refractivity (Wildman–Crippen MR) is 79.1 cm³/mol. The summed E-state index contributed by atoms with van der Waals surface area (Å²) in [6.07, 6.45) is 9.13. The first kappa shape index (κ1) is 15.8. The highest BCUT2D eigenvalue weighted by Gasteiger charge is 2.08. The van der Waals surface area contributed by atoms with E-state index in [2.05, 4.69) is 21.1 Å². The predicted octanol–water partition coefficient (Wildman–Crippen LogP) is 0.417. The van der Waals surface area contributed by atoms with Gasteiger partial charge < -0.3 is 15.8 Å². The number of ether oxygens (including phenoxy) is 1. The number of morpholine rings is 1. The molecule has 1 fully saturated rings. The first-order valence-electron chi connectivity index (χ1n) is 7.10. The zero-order valence-corrected chi connectivity index (χ0v) is 11.7. The summed E-state index contributed by atoms with van der Waals surface area (Å²) < 4.78 is 5.30. The van der Waals surface area contributed by atoms with Crippen molar-refractivity contribution in [3.63, 3.8) is 0 Å². The summed E-state index contributed by atoms with van der Waals surface area (Å²) in [5.41, 5.74) is 5.77. The van der Waals surface area contributed by atoms with Crippen LogP contribution >= 0.6 is 0 Å². The van der Waals surface area contributed by atoms with E-state index in [1.54, 1.807) is 0 Å². The molecule has 1 heterocycles. The van der Waals surface area contributed by atoms with E-state index >= 15 is 0 Å². The molecule has 0 atom stereocenters. The van der Waals surface area contributed by atoms with Crippen molar-refractivity contribution in [2.24, 2.45) is 10.7 Å². The molecule has 0 unspecified atom stereocenters. The Morgan fingerprint density at radius 1 is 1.32 bits per heavy atom. The third-order valence-electron chi connectivity index (χ3n) is 3.07. The lowest BCUT2D eigenvalue weighted by Gasteiger charge is -2.26. The van der Waals surface area contributed by atoms with E-state index in [1.165, 1.54) is 0 Å². The Morgan fingerprint density at radius 2 is 2.11 bits per heavy atom. The van der Waals surface area contributed by atoms with Crippen LogP contribution in [0.2, 0.25) is 0 Å². The van der Waals surface area contributed by atoms with Crippen molar-refractivity contribution in [2.75, 3.05) is 45.9 Å². The summed E-state index contributed by atoms with van der Waals surface area (Å²) in [7, 11) is 0. The van der Waals surface area contributed by atoms with Crippen molar-refractivity contribution in [3.05, 3.63) is 0 Å². The van der Waals surface area contributed by atoms with E-state index in [1.807, 2.05) is 0 Å². The van der Waals surface area contributed by atoms with Crippen LogP contribution in [0.1, 0.15) is 25.7 Å². The molecule has 5 nitrogen and oxygen atoms in total. The monoisotopic (exact) mass is 266 g/mol. The van der Waals surface area contributed by atoms with Crippen molar-refractivity contribution < 1.29 is 4.74 Å². The highest BCUT2D eigenvalue weighted by molar-refractivity contribution is 5.77. The van der Waals surface area contributed by atoms with Crippen LogP contribution in [0, 0.1) is 12.3 Å². The average molecular weight is 266 g/mol. The molecule has 1 aliphatic rings. The minimum Gasteiger partial charge on any atom is -0.379 e. The third kappa shape index (κ3) is 8.46. The van der Waals surface area contributed by atoms with Gasteiger partial charge in [-0.1, -0.05) is 0 Å². The van der Waals surface area contributed by atoms with Gasteiger partial charge in [0.05, 0.1) is 13.2 Å². The number of nitrogens with zero attached hydrogens (tertiary/aromatic N) is 2. The molecular formula is C14H26N4O. The van der Waals surface area contributed by atoms with Gasteiger partial charge in [0.2, 0.25) is 0 Å². The highest BCUT2D eigenvalue weighted by atomic mass is 16.5. The maximum atomic E-state index is 5.77. The number of guanidine groups is 1. The Balaban J connectivity index is 1.96. The summed E-state index contributed by atoms with van der Waals surface area (Å²) >= 11 is 0. The van der Waals surface area contributed by atoms with E-state index in [-0.39, 0.29) is 0 Å². The number of nitrogens with two attached hydrogens (primary N) is 1. The fourth-order valence-corrected chi connectivity index (χ4v) is 1.94. The lowest BCUT2D eigenvalue weighted by Crippen LogP contribution is -2.37. The Hall–Kier alpha value is -1.25. The Bertz CT molecular complexity index is 292. The molecule has 1 saturated heterocycles. The Kier molecular flexibility index (Phi) is 8.86. The van der Waals surface area contributed by atoms with Gasteiger partial charge in [-0.15, -0.1) is 12.3 Å². The Morgan fingerprint density at radius 3 is 2.84 bits per heavy atom. The maximum absolute atomic E-state index is 5.77. The van der Waals surface area contributed by atoms with Gasteiger partial charge >= 0.3 is 0 Å².